The van der Waals surface area contributed by atoms with E-state index in [1.54, 1.807) is 19.5 Å². The van der Waals surface area contributed by atoms with Crippen LogP contribution in [0.3, 0.4) is 0 Å². The largest absolute Gasteiger partial charge is 0.371 e. The SMILES string of the molecule is COC(C)(C)c1nc[c]cn1. The van der Waals surface area contributed by atoms with Crippen molar-refractivity contribution in [2.75, 3.05) is 7.11 Å². The zero-order valence-corrected chi connectivity index (χ0v) is 6.96. The predicted octanol–water partition coefficient (Wildman–Crippen LogP) is 1.16. The number of hydrogen-bond acceptors (Lipinski definition) is 3. The van der Waals surface area contributed by atoms with E-state index in [1.165, 1.54) is 0 Å². The monoisotopic (exact) mass is 151 g/mol. The Morgan fingerprint density at radius 2 is 1.91 bits per heavy atom. The highest BCUT2D eigenvalue weighted by molar-refractivity contribution is 4.97. The van der Waals surface area contributed by atoms with E-state index < -0.39 is 5.60 Å². The van der Waals surface area contributed by atoms with Crippen LogP contribution in [0.2, 0.25) is 0 Å². The van der Waals surface area contributed by atoms with Gasteiger partial charge in [0, 0.05) is 25.6 Å². The molecule has 59 valence electrons. The van der Waals surface area contributed by atoms with Crippen molar-refractivity contribution in [3.63, 3.8) is 0 Å². The van der Waals surface area contributed by atoms with Gasteiger partial charge in [0.1, 0.15) is 5.60 Å². The van der Waals surface area contributed by atoms with Gasteiger partial charge in [0.25, 0.3) is 0 Å². The van der Waals surface area contributed by atoms with E-state index in [4.69, 9.17) is 4.74 Å². The summed E-state index contributed by atoms with van der Waals surface area (Å²) >= 11 is 0. The van der Waals surface area contributed by atoms with E-state index in [0.717, 1.165) is 0 Å². The third-order valence-electron chi connectivity index (χ3n) is 1.57. The van der Waals surface area contributed by atoms with Crippen molar-refractivity contribution in [1.29, 1.82) is 0 Å². The molecule has 0 fully saturated rings. The van der Waals surface area contributed by atoms with Crippen molar-refractivity contribution in [1.82, 2.24) is 9.97 Å². The second-order valence-corrected chi connectivity index (χ2v) is 2.72. The standard InChI is InChI=1S/C8H11N2O/c1-8(2,11-3)7-9-5-4-6-10-7/h5-6H,1-3H3. The van der Waals surface area contributed by atoms with Crippen LogP contribution in [0.25, 0.3) is 0 Å². The van der Waals surface area contributed by atoms with E-state index >= 15 is 0 Å². The van der Waals surface area contributed by atoms with Gasteiger partial charge in [-0.05, 0) is 13.8 Å². The number of ether oxygens (including phenoxy) is 1. The molecule has 0 N–H and O–H groups in total. The molecule has 1 heterocycles. The van der Waals surface area contributed by atoms with Crippen molar-refractivity contribution in [2.45, 2.75) is 19.4 Å². The van der Waals surface area contributed by atoms with Crippen LogP contribution in [0, 0.1) is 6.07 Å². The van der Waals surface area contributed by atoms with Crippen LogP contribution in [0.5, 0.6) is 0 Å². The first-order chi connectivity index (χ1) is 5.17. The van der Waals surface area contributed by atoms with Gasteiger partial charge in [-0.1, -0.05) is 0 Å². The highest BCUT2D eigenvalue weighted by Gasteiger charge is 2.21. The Morgan fingerprint density at radius 1 is 1.36 bits per heavy atom. The van der Waals surface area contributed by atoms with Gasteiger partial charge in [0.15, 0.2) is 5.82 Å². The van der Waals surface area contributed by atoms with Crippen LogP contribution in [0.4, 0.5) is 0 Å². The summed E-state index contributed by atoms with van der Waals surface area (Å²) in [5, 5.41) is 0. The third-order valence-corrected chi connectivity index (χ3v) is 1.57. The van der Waals surface area contributed by atoms with Gasteiger partial charge in [-0.2, -0.15) is 0 Å². The average Bonchev–Trinajstić information content (AvgIpc) is 2.06. The smallest absolute Gasteiger partial charge is 0.159 e. The molecule has 1 radical (unpaired) electrons. The Balaban J connectivity index is 2.93. The molecule has 1 aromatic rings. The summed E-state index contributed by atoms with van der Waals surface area (Å²) < 4.78 is 5.18. The fourth-order valence-corrected chi connectivity index (χ4v) is 0.666. The molecule has 3 nitrogen and oxygen atoms in total. The maximum Gasteiger partial charge on any atom is 0.159 e. The van der Waals surface area contributed by atoms with Gasteiger partial charge in [-0.3, -0.25) is 0 Å². The molecule has 0 aliphatic heterocycles. The first-order valence-corrected chi connectivity index (χ1v) is 3.40. The van der Waals surface area contributed by atoms with Crippen LogP contribution in [0.1, 0.15) is 19.7 Å². The molecular weight excluding hydrogens is 140 g/mol. The van der Waals surface area contributed by atoms with Crippen molar-refractivity contribution in [2.24, 2.45) is 0 Å². The quantitative estimate of drug-likeness (QED) is 0.636. The van der Waals surface area contributed by atoms with E-state index in [0.29, 0.717) is 5.82 Å². The molecule has 0 amide bonds. The second-order valence-electron chi connectivity index (χ2n) is 2.72. The Hall–Kier alpha value is -0.960. The minimum Gasteiger partial charge on any atom is -0.371 e. The number of rotatable bonds is 2. The summed E-state index contributed by atoms with van der Waals surface area (Å²) in [7, 11) is 1.64. The zero-order chi connectivity index (χ0) is 8.32. The Bertz CT molecular complexity index is 221. The summed E-state index contributed by atoms with van der Waals surface area (Å²) in [4.78, 5) is 8.06. The number of aromatic nitrogens is 2. The van der Waals surface area contributed by atoms with E-state index in [-0.39, 0.29) is 0 Å². The molecule has 3 heteroatoms. The lowest BCUT2D eigenvalue weighted by molar-refractivity contribution is 0.0114. The summed E-state index contributed by atoms with van der Waals surface area (Å²) in [6.45, 7) is 3.84. The fraction of sp³-hybridized carbons (Fsp3) is 0.500. The van der Waals surface area contributed by atoms with Gasteiger partial charge < -0.3 is 4.74 Å². The first kappa shape index (κ1) is 8.14. The van der Waals surface area contributed by atoms with Crippen LogP contribution in [0.15, 0.2) is 12.4 Å². The average molecular weight is 151 g/mol. The van der Waals surface area contributed by atoms with Crippen molar-refractivity contribution in [3.8, 4) is 0 Å². The highest BCUT2D eigenvalue weighted by Crippen LogP contribution is 2.17. The second kappa shape index (κ2) is 2.96. The van der Waals surface area contributed by atoms with Crippen LogP contribution in [-0.4, -0.2) is 17.1 Å². The molecule has 0 unspecified atom stereocenters. The molecule has 0 atom stereocenters. The molecule has 0 bridgehead atoms. The molecule has 0 saturated heterocycles. The van der Waals surface area contributed by atoms with Crippen LogP contribution >= 0.6 is 0 Å². The minimum atomic E-state index is -0.408. The Labute approximate surface area is 66.4 Å². The van der Waals surface area contributed by atoms with Gasteiger partial charge in [0.05, 0.1) is 0 Å². The van der Waals surface area contributed by atoms with Crippen molar-refractivity contribution < 1.29 is 4.74 Å². The third kappa shape index (κ3) is 1.74. The first-order valence-electron chi connectivity index (χ1n) is 3.40. The molecule has 0 aliphatic rings. The minimum absolute atomic E-state index is 0.408. The molecular formula is C8H11N2O. The van der Waals surface area contributed by atoms with Gasteiger partial charge >= 0.3 is 0 Å². The molecule has 0 spiro atoms. The number of hydrogen-bond donors (Lipinski definition) is 0. The van der Waals surface area contributed by atoms with E-state index in [1.807, 2.05) is 13.8 Å². The fourth-order valence-electron chi connectivity index (χ4n) is 0.666. The Kier molecular flexibility index (Phi) is 2.19. The Morgan fingerprint density at radius 3 is 2.36 bits per heavy atom. The lowest BCUT2D eigenvalue weighted by Crippen LogP contribution is -2.22. The molecule has 1 aromatic heterocycles. The molecule has 1 rings (SSSR count). The van der Waals surface area contributed by atoms with Gasteiger partial charge in [-0.25, -0.2) is 9.97 Å². The summed E-state index contributed by atoms with van der Waals surface area (Å²) in [5.74, 6) is 0.679. The normalized spacial score (nSPS) is 11.5. The zero-order valence-electron chi connectivity index (χ0n) is 6.96. The molecule has 0 aromatic carbocycles. The molecule has 0 saturated carbocycles. The topological polar surface area (TPSA) is 35.0 Å². The van der Waals surface area contributed by atoms with E-state index in [2.05, 4.69) is 16.0 Å². The molecule has 11 heavy (non-hydrogen) atoms. The number of nitrogens with zero attached hydrogens (tertiary/aromatic N) is 2. The summed E-state index contributed by atoms with van der Waals surface area (Å²) in [6.07, 6.45) is 3.17. The predicted molar refractivity (Wildman–Crippen MR) is 40.9 cm³/mol. The van der Waals surface area contributed by atoms with Crippen LogP contribution < -0.4 is 0 Å². The van der Waals surface area contributed by atoms with Gasteiger partial charge in [0.2, 0.25) is 0 Å². The summed E-state index contributed by atoms with van der Waals surface area (Å²) in [5.41, 5.74) is -0.408. The summed E-state index contributed by atoms with van der Waals surface area (Å²) in [6, 6.07) is 2.75. The molecule has 0 aliphatic carbocycles. The van der Waals surface area contributed by atoms with Crippen molar-refractivity contribution in [3.05, 3.63) is 24.3 Å². The van der Waals surface area contributed by atoms with E-state index in [9.17, 15) is 0 Å². The highest BCUT2D eigenvalue weighted by atomic mass is 16.5. The maximum atomic E-state index is 5.18. The maximum absolute atomic E-state index is 5.18. The number of methoxy groups -OCH3 is 1. The lowest BCUT2D eigenvalue weighted by Gasteiger charge is -2.19. The van der Waals surface area contributed by atoms with Crippen LogP contribution in [-0.2, 0) is 10.3 Å². The lowest BCUT2D eigenvalue weighted by atomic mass is 10.1. The van der Waals surface area contributed by atoms with Crippen molar-refractivity contribution >= 4 is 0 Å². The van der Waals surface area contributed by atoms with Gasteiger partial charge in [-0.15, -0.1) is 0 Å².